The fourth-order valence-electron chi connectivity index (χ4n) is 2.61. The molecule has 0 saturated carbocycles. The van der Waals surface area contributed by atoms with Crippen LogP contribution < -0.4 is 10.6 Å². The summed E-state index contributed by atoms with van der Waals surface area (Å²) in [6, 6.07) is 9.93. The van der Waals surface area contributed by atoms with Crippen molar-refractivity contribution in [3.05, 3.63) is 64.7 Å². The normalized spacial score (nSPS) is 13.0. The summed E-state index contributed by atoms with van der Waals surface area (Å²) in [5, 5.41) is 4.65. The van der Waals surface area contributed by atoms with E-state index in [2.05, 4.69) is 10.6 Å². The van der Waals surface area contributed by atoms with Crippen LogP contribution in [-0.4, -0.2) is 19.2 Å². The molecule has 2 aromatic carbocycles. The van der Waals surface area contributed by atoms with Gasteiger partial charge in [-0.15, -0.1) is 0 Å². The number of hydrogen-bond acceptors (Lipinski definition) is 4. The van der Waals surface area contributed by atoms with E-state index < -0.39 is 31.1 Å². The lowest BCUT2D eigenvalue weighted by atomic mass is 10.2. The van der Waals surface area contributed by atoms with Crippen molar-refractivity contribution in [2.45, 2.75) is 25.8 Å². The van der Waals surface area contributed by atoms with Crippen LogP contribution >= 0.6 is 19.2 Å². The van der Waals surface area contributed by atoms with Crippen molar-refractivity contribution in [2.75, 3.05) is 18.5 Å². The van der Waals surface area contributed by atoms with Gasteiger partial charge in [0.05, 0.1) is 29.5 Å². The van der Waals surface area contributed by atoms with Crippen LogP contribution in [0.5, 0.6) is 0 Å². The van der Waals surface area contributed by atoms with Gasteiger partial charge in [0, 0.05) is 0 Å². The van der Waals surface area contributed by atoms with E-state index in [1.807, 2.05) is 0 Å². The summed E-state index contributed by atoms with van der Waals surface area (Å²) in [4.78, 5) is 12.6. The minimum absolute atomic E-state index is 0.0589. The van der Waals surface area contributed by atoms with Crippen molar-refractivity contribution in [2.24, 2.45) is 0 Å². The van der Waals surface area contributed by atoms with Crippen molar-refractivity contribution < 1.29 is 31.6 Å². The van der Waals surface area contributed by atoms with E-state index in [4.69, 9.17) is 20.6 Å². The standard InChI is InChI=1S/C19H21ClF3N2O4P/c1-3-28-30(27,29-4-2)17(13-8-6-5-7-9-13)25-18(26)24-16-12-14(19(21,22)23)10-11-15(16)20/h5-12,17H,3-4H2,1-2H3,(H2,24,25,26)/t17-/m0/s1. The van der Waals surface area contributed by atoms with Gasteiger partial charge in [0.15, 0.2) is 5.78 Å². The third-order valence-corrected chi connectivity index (χ3v) is 6.48. The molecule has 0 radical (unpaired) electrons. The molecule has 2 aromatic rings. The number of amides is 2. The van der Waals surface area contributed by atoms with Crippen LogP contribution in [0.1, 0.15) is 30.8 Å². The summed E-state index contributed by atoms with van der Waals surface area (Å²) >= 11 is 5.92. The first-order chi connectivity index (χ1) is 14.1. The Morgan fingerprint density at radius 3 is 2.23 bits per heavy atom. The van der Waals surface area contributed by atoms with E-state index >= 15 is 0 Å². The number of carbonyl (C=O) groups is 1. The topological polar surface area (TPSA) is 76.7 Å². The van der Waals surface area contributed by atoms with Gasteiger partial charge >= 0.3 is 19.8 Å². The first kappa shape index (κ1) is 24.2. The molecule has 0 heterocycles. The Balaban J connectivity index is 2.32. The predicted molar refractivity (Wildman–Crippen MR) is 109 cm³/mol. The molecule has 2 amide bonds. The molecule has 0 fully saturated rings. The van der Waals surface area contributed by atoms with Crippen LogP contribution in [0.4, 0.5) is 23.7 Å². The molecule has 0 aliphatic carbocycles. The minimum Gasteiger partial charge on any atom is -0.320 e. The Kier molecular flexibility index (Phi) is 8.32. The number of urea groups is 1. The molecule has 1 atom stereocenters. The van der Waals surface area contributed by atoms with E-state index in [1.165, 1.54) is 0 Å². The van der Waals surface area contributed by atoms with Gasteiger partial charge in [0.25, 0.3) is 0 Å². The third kappa shape index (κ3) is 6.22. The number of hydrogen-bond donors (Lipinski definition) is 2. The number of nitrogens with one attached hydrogen (secondary N) is 2. The van der Waals surface area contributed by atoms with Crippen molar-refractivity contribution >= 4 is 30.9 Å². The molecule has 0 aliphatic rings. The van der Waals surface area contributed by atoms with Crippen LogP contribution in [0.3, 0.4) is 0 Å². The molecule has 164 valence electrons. The predicted octanol–water partition coefficient (Wildman–Crippen LogP) is 6.45. The first-order valence-corrected chi connectivity index (χ1v) is 11.0. The second-order valence-electron chi connectivity index (χ2n) is 5.98. The SMILES string of the molecule is CCOP(=O)(OCC)[C@H](NC(=O)Nc1cc(C(F)(F)F)ccc1Cl)c1ccccc1. The lowest BCUT2D eigenvalue weighted by molar-refractivity contribution is -0.137. The van der Waals surface area contributed by atoms with Crippen molar-refractivity contribution in [1.82, 2.24) is 5.32 Å². The molecular weight excluding hydrogens is 444 g/mol. The summed E-state index contributed by atoms with van der Waals surface area (Å²) in [6.07, 6.45) is -4.61. The van der Waals surface area contributed by atoms with Gasteiger partial charge in [0.1, 0.15) is 0 Å². The molecule has 0 saturated heterocycles. The van der Waals surface area contributed by atoms with E-state index in [1.54, 1.807) is 44.2 Å². The lowest BCUT2D eigenvalue weighted by Crippen LogP contribution is -2.33. The van der Waals surface area contributed by atoms with Gasteiger partial charge in [-0.05, 0) is 37.6 Å². The maximum Gasteiger partial charge on any atom is 0.416 e. The van der Waals surface area contributed by atoms with Crippen LogP contribution in [0.25, 0.3) is 0 Å². The Bertz CT molecular complexity index is 902. The number of halogens is 4. The molecule has 0 aromatic heterocycles. The van der Waals surface area contributed by atoms with Gasteiger partial charge in [-0.2, -0.15) is 13.2 Å². The second-order valence-corrected chi connectivity index (χ2v) is 8.50. The summed E-state index contributed by atoms with van der Waals surface area (Å²) < 4.78 is 62.8. The highest BCUT2D eigenvalue weighted by Crippen LogP contribution is 2.59. The van der Waals surface area contributed by atoms with Crippen molar-refractivity contribution in [3.8, 4) is 0 Å². The summed E-state index contributed by atoms with van der Waals surface area (Å²) in [5.41, 5.74) is -0.789. The molecule has 30 heavy (non-hydrogen) atoms. The van der Waals surface area contributed by atoms with E-state index in [-0.39, 0.29) is 23.9 Å². The fourth-order valence-corrected chi connectivity index (χ4v) is 4.68. The van der Waals surface area contributed by atoms with Gasteiger partial charge < -0.3 is 19.7 Å². The highest BCUT2D eigenvalue weighted by atomic mass is 35.5. The van der Waals surface area contributed by atoms with Crippen LogP contribution in [0.15, 0.2) is 48.5 Å². The molecule has 0 spiro atoms. The fraction of sp³-hybridized carbons (Fsp3) is 0.316. The lowest BCUT2D eigenvalue weighted by Gasteiger charge is -2.27. The molecule has 2 N–H and O–H groups in total. The van der Waals surface area contributed by atoms with E-state index in [0.29, 0.717) is 11.6 Å². The number of carbonyl (C=O) groups excluding carboxylic acids is 1. The average Bonchev–Trinajstić information content (AvgIpc) is 2.68. The molecule has 0 unspecified atom stereocenters. The summed E-state index contributed by atoms with van der Waals surface area (Å²) in [7, 11) is -3.84. The molecule has 2 rings (SSSR count). The number of benzene rings is 2. The Labute approximate surface area is 177 Å². The molecule has 0 aliphatic heterocycles. The van der Waals surface area contributed by atoms with Crippen LogP contribution in [-0.2, 0) is 19.8 Å². The Hall–Kier alpha value is -2.06. The van der Waals surface area contributed by atoms with Gasteiger partial charge in [0.2, 0.25) is 0 Å². The Morgan fingerprint density at radius 2 is 1.70 bits per heavy atom. The second kappa shape index (κ2) is 10.3. The average molecular weight is 465 g/mol. The highest BCUT2D eigenvalue weighted by Gasteiger charge is 2.38. The number of anilines is 1. The Morgan fingerprint density at radius 1 is 1.10 bits per heavy atom. The molecular formula is C19H21ClF3N2O4P. The maximum absolute atomic E-state index is 13.3. The summed E-state index contributed by atoms with van der Waals surface area (Å²) in [6.45, 7) is 3.36. The van der Waals surface area contributed by atoms with Crippen LogP contribution in [0, 0.1) is 0 Å². The zero-order valence-corrected chi connectivity index (χ0v) is 17.9. The summed E-state index contributed by atoms with van der Waals surface area (Å²) in [5.74, 6) is -1.19. The van der Waals surface area contributed by atoms with E-state index in [9.17, 15) is 22.5 Å². The van der Waals surface area contributed by atoms with Gasteiger partial charge in [-0.1, -0.05) is 41.9 Å². The molecule has 0 bridgehead atoms. The molecule has 11 heteroatoms. The van der Waals surface area contributed by atoms with Crippen molar-refractivity contribution in [3.63, 3.8) is 0 Å². The monoisotopic (exact) mass is 464 g/mol. The first-order valence-electron chi connectivity index (χ1n) is 8.98. The maximum atomic E-state index is 13.3. The smallest absolute Gasteiger partial charge is 0.320 e. The zero-order chi connectivity index (χ0) is 22.4. The van der Waals surface area contributed by atoms with E-state index in [0.717, 1.165) is 12.1 Å². The third-order valence-electron chi connectivity index (χ3n) is 3.86. The van der Waals surface area contributed by atoms with Crippen molar-refractivity contribution in [1.29, 1.82) is 0 Å². The van der Waals surface area contributed by atoms with Gasteiger partial charge in [-0.25, -0.2) is 4.79 Å². The molecule has 6 nitrogen and oxygen atoms in total. The number of alkyl halides is 3. The number of rotatable bonds is 8. The minimum atomic E-state index is -4.61. The van der Waals surface area contributed by atoms with Gasteiger partial charge in [-0.3, -0.25) is 4.57 Å². The largest absolute Gasteiger partial charge is 0.416 e. The highest BCUT2D eigenvalue weighted by molar-refractivity contribution is 7.54. The quantitative estimate of drug-likeness (QED) is 0.440. The van der Waals surface area contributed by atoms with Crippen LogP contribution in [0.2, 0.25) is 5.02 Å². The zero-order valence-electron chi connectivity index (χ0n) is 16.2.